The molecule has 1 aliphatic heterocycles. The molecule has 0 saturated heterocycles. The minimum Gasteiger partial charge on any atom is -0.454 e. The summed E-state index contributed by atoms with van der Waals surface area (Å²) in [6, 6.07) is 21.8. The van der Waals surface area contributed by atoms with Gasteiger partial charge in [0.05, 0.1) is 18.0 Å². The Balaban J connectivity index is 1.60. The third-order valence-corrected chi connectivity index (χ3v) is 6.32. The molecule has 0 fully saturated rings. The zero-order valence-electron chi connectivity index (χ0n) is 17.8. The fraction of sp³-hybridized carbons (Fsp3) is 0.208. The Hall–Kier alpha value is -3.52. The van der Waals surface area contributed by atoms with Gasteiger partial charge in [0, 0.05) is 6.07 Å². The van der Waals surface area contributed by atoms with E-state index in [0.29, 0.717) is 17.2 Å². The molecule has 0 saturated carbocycles. The van der Waals surface area contributed by atoms with E-state index in [1.54, 1.807) is 18.2 Å². The number of hydrogen-bond donors (Lipinski definition) is 1. The van der Waals surface area contributed by atoms with Crippen molar-refractivity contribution in [2.75, 3.05) is 23.9 Å². The van der Waals surface area contributed by atoms with Crippen LogP contribution in [0.4, 0.5) is 5.69 Å². The zero-order chi connectivity index (χ0) is 22.7. The SMILES string of the molecule is Cc1ccc(C(NC(=O)CN(c2ccc3c(c2)OCO3)S(C)(=O)=O)c2ccccc2)cc1. The summed E-state index contributed by atoms with van der Waals surface area (Å²) in [6.45, 7) is 1.70. The summed E-state index contributed by atoms with van der Waals surface area (Å²) in [7, 11) is -3.73. The third kappa shape index (κ3) is 4.86. The highest BCUT2D eigenvalue weighted by Gasteiger charge is 2.25. The van der Waals surface area contributed by atoms with E-state index < -0.39 is 22.0 Å². The number of fused-ring (bicyclic) bond motifs is 1. The van der Waals surface area contributed by atoms with Crippen molar-refractivity contribution in [1.82, 2.24) is 5.32 Å². The van der Waals surface area contributed by atoms with Crippen molar-refractivity contribution in [3.05, 3.63) is 89.5 Å². The molecule has 32 heavy (non-hydrogen) atoms. The molecule has 166 valence electrons. The quantitative estimate of drug-likeness (QED) is 0.594. The number of anilines is 1. The maximum absolute atomic E-state index is 13.1. The lowest BCUT2D eigenvalue weighted by Crippen LogP contribution is -2.41. The summed E-state index contributed by atoms with van der Waals surface area (Å²) in [4.78, 5) is 13.1. The first-order chi connectivity index (χ1) is 15.3. The Kier molecular flexibility index (Phi) is 6.05. The van der Waals surface area contributed by atoms with E-state index in [4.69, 9.17) is 9.47 Å². The second kappa shape index (κ2) is 8.92. The third-order valence-electron chi connectivity index (χ3n) is 5.18. The second-order valence-electron chi connectivity index (χ2n) is 7.63. The van der Waals surface area contributed by atoms with Gasteiger partial charge >= 0.3 is 0 Å². The number of amides is 1. The maximum atomic E-state index is 13.1. The molecule has 4 rings (SSSR count). The molecule has 1 N–H and O–H groups in total. The minimum absolute atomic E-state index is 0.0768. The van der Waals surface area contributed by atoms with Crippen LogP contribution in [0.3, 0.4) is 0 Å². The molecule has 0 radical (unpaired) electrons. The van der Waals surface area contributed by atoms with Gasteiger partial charge in [0.1, 0.15) is 6.54 Å². The molecule has 1 unspecified atom stereocenters. The number of nitrogens with zero attached hydrogens (tertiary/aromatic N) is 1. The number of ether oxygens (including phenoxy) is 2. The molecule has 1 heterocycles. The number of rotatable bonds is 7. The highest BCUT2D eigenvalue weighted by atomic mass is 32.2. The zero-order valence-corrected chi connectivity index (χ0v) is 18.6. The van der Waals surface area contributed by atoms with Gasteiger partial charge in [-0.1, -0.05) is 60.2 Å². The molecular formula is C24H24N2O5S. The molecule has 3 aromatic carbocycles. The van der Waals surface area contributed by atoms with Crippen LogP contribution in [0.1, 0.15) is 22.7 Å². The van der Waals surface area contributed by atoms with Crippen molar-refractivity contribution < 1.29 is 22.7 Å². The summed E-state index contributed by atoms with van der Waals surface area (Å²) in [5.41, 5.74) is 3.25. The Morgan fingerprint density at radius 2 is 1.62 bits per heavy atom. The van der Waals surface area contributed by atoms with E-state index in [1.165, 1.54) is 0 Å². The minimum atomic E-state index is -3.73. The average molecular weight is 453 g/mol. The molecule has 7 nitrogen and oxygen atoms in total. The largest absolute Gasteiger partial charge is 0.454 e. The van der Waals surface area contributed by atoms with Gasteiger partial charge in [-0.25, -0.2) is 8.42 Å². The number of nitrogens with one attached hydrogen (secondary N) is 1. The number of aryl methyl sites for hydroxylation is 1. The van der Waals surface area contributed by atoms with Crippen molar-refractivity contribution in [3.63, 3.8) is 0 Å². The van der Waals surface area contributed by atoms with Crippen LogP contribution in [0.5, 0.6) is 11.5 Å². The van der Waals surface area contributed by atoms with Crippen LogP contribution < -0.4 is 19.1 Å². The van der Waals surface area contributed by atoms with Gasteiger partial charge in [0.2, 0.25) is 22.7 Å². The Morgan fingerprint density at radius 1 is 0.969 bits per heavy atom. The normalized spacial score (nSPS) is 13.4. The van der Waals surface area contributed by atoms with Crippen LogP contribution in [0.25, 0.3) is 0 Å². The fourth-order valence-corrected chi connectivity index (χ4v) is 4.39. The van der Waals surface area contributed by atoms with Gasteiger partial charge < -0.3 is 14.8 Å². The molecule has 3 aromatic rings. The second-order valence-corrected chi connectivity index (χ2v) is 9.54. The van der Waals surface area contributed by atoms with Crippen LogP contribution in [-0.2, 0) is 14.8 Å². The number of carbonyl (C=O) groups is 1. The summed E-state index contributed by atoms with van der Waals surface area (Å²) in [5, 5.41) is 2.99. The van der Waals surface area contributed by atoms with Gasteiger partial charge in [-0.3, -0.25) is 9.10 Å². The van der Waals surface area contributed by atoms with E-state index >= 15 is 0 Å². The first-order valence-electron chi connectivity index (χ1n) is 10.1. The Labute approximate surface area is 187 Å². The van der Waals surface area contributed by atoms with E-state index in [-0.39, 0.29) is 13.3 Å². The first kappa shape index (κ1) is 21.7. The monoisotopic (exact) mass is 452 g/mol. The predicted molar refractivity (Wildman–Crippen MR) is 122 cm³/mol. The number of carbonyl (C=O) groups excluding carboxylic acids is 1. The molecule has 0 aliphatic carbocycles. The molecule has 8 heteroatoms. The number of hydrogen-bond acceptors (Lipinski definition) is 5. The van der Waals surface area contributed by atoms with Crippen molar-refractivity contribution in [1.29, 1.82) is 0 Å². The standard InChI is InChI=1S/C24H24N2O5S/c1-17-8-10-19(11-9-17)24(18-6-4-3-5-7-18)25-23(27)15-26(32(2,28)29)20-12-13-21-22(14-20)31-16-30-21/h3-14,24H,15-16H2,1-2H3,(H,25,27). The van der Waals surface area contributed by atoms with Crippen LogP contribution in [0.2, 0.25) is 0 Å². The van der Waals surface area contributed by atoms with Crippen molar-refractivity contribution in [3.8, 4) is 11.5 Å². The topological polar surface area (TPSA) is 84.9 Å². The summed E-state index contributed by atoms with van der Waals surface area (Å²) >= 11 is 0. The highest BCUT2D eigenvalue weighted by molar-refractivity contribution is 7.92. The van der Waals surface area contributed by atoms with Crippen molar-refractivity contribution >= 4 is 21.6 Å². The fourth-order valence-electron chi connectivity index (χ4n) is 3.54. The highest BCUT2D eigenvalue weighted by Crippen LogP contribution is 2.36. The van der Waals surface area contributed by atoms with Gasteiger partial charge in [0.25, 0.3) is 0 Å². The van der Waals surface area contributed by atoms with Crippen LogP contribution >= 0.6 is 0 Å². The van der Waals surface area contributed by atoms with E-state index in [0.717, 1.165) is 27.3 Å². The smallest absolute Gasteiger partial charge is 0.241 e. The lowest BCUT2D eigenvalue weighted by atomic mass is 9.98. The summed E-state index contributed by atoms with van der Waals surface area (Å²) in [5.74, 6) is 0.552. The molecule has 1 atom stereocenters. The molecule has 1 aliphatic rings. The van der Waals surface area contributed by atoms with E-state index in [2.05, 4.69) is 5.32 Å². The van der Waals surface area contributed by atoms with E-state index in [1.807, 2.05) is 61.5 Å². The maximum Gasteiger partial charge on any atom is 0.241 e. The van der Waals surface area contributed by atoms with Crippen molar-refractivity contribution in [2.45, 2.75) is 13.0 Å². The average Bonchev–Trinajstić information content (AvgIpc) is 3.24. The van der Waals surface area contributed by atoms with Gasteiger partial charge in [-0.2, -0.15) is 0 Å². The molecule has 0 aromatic heterocycles. The predicted octanol–water partition coefficient (Wildman–Crippen LogP) is 3.40. The lowest BCUT2D eigenvalue weighted by Gasteiger charge is -2.25. The van der Waals surface area contributed by atoms with Gasteiger partial charge in [0.15, 0.2) is 11.5 Å². The van der Waals surface area contributed by atoms with Crippen LogP contribution in [-0.4, -0.2) is 33.9 Å². The molecule has 0 spiro atoms. The van der Waals surface area contributed by atoms with Crippen LogP contribution in [0, 0.1) is 6.92 Å². The molecule has 1 amide bonds. The molecule has 0 bridgehead atoms. The summed E-state index contributed by atoms with van der Waals surface area (Å²) in [6.07, 6.45) is 1.07. The van der Waals surface area contributed by atoms with Gasteiger partial charge in [-0.15, -0.1) is 0 Å². The molecular weight excluding hydrogens is 428 g/mol. The number of benzene rings is 3. The summed E-state index contributed by atoms with van der Waals surface area (Å²) < 4.78 is 36.7. The van der Waals surface area contributed by atoms with Crippen LogP contribution in [0.15, 0.2) is 72.8 Å². The van der Waals surface area contributed by atoms with Crippen molar-refractivity contribution in [2.24, 2.45) is 0 Å². The Morgan fingerprint density at radius 3 is 2.31 bits per heavy atom. The van der Waals surface area contributed by atoms with Gasteiger partial charge in [-0.05, 0) is 30.2 Å². The Bertz CT molecular complexity index is 1210. The first-order valence-corrected chi connectivity index (χ1v) is 11.9. The lowest BCUT2D eigenvalue weighted by molar-refractivity contribution is -0.120. The van der Waals surface area contributed by atoms with E-state index in [9.17, 15) is 13.2 Å². The number of sulfonamides is 1.